The molecule has 0 radical (unpaired) electrons. The van der Waals surface area contributed by atoms with Crippen LogP contribution in [0.4, 0.5) is 0 Å². The molecular weight excluding hydrogens is 192 g/mol. The molecule has 1 N–H and O–H groups in total. The SMILES string of the molecule is OC1(c2ccc(-n3cncn3)nc2)CC1. The molecular formula is C10H10N4O. The zero-order valence-electron chi connectivity index (χ0n) is 8.04. The van der Waals surface area contributed by atoms with Gasteiger partial charge in [-0.15, -0.1) is 0 Å². The number of hydrogen-bond acceptors (Lipinski definition) is 4. The van der Waals surface area contributed by atoms with Gasteiger partial charge >= 0.3 is 0 Å². The van der Waals surface area contributed by atoms with E-state index in [9.17, 15) is 5.11 Å². The predicted octanol–water partition coefficient (Wildman–Crippen LogP) is 0.644. The van der Waals surface area contributed by atoms with Gasteiger partial charge in [-0.3, -0.25) is 0 Å². The fourth-order valence-electron chi connectivity index (χ4n) is 1.53. The first-order chi connectivity index (χ1) is 7.28. The van der Waals surface area contributed by atoms with Gasteiger partial charge in [-0.1, -0.05) is 6.07 Å². The van der Waals surface area contributed by atoms with Crippen molar-refractivity contribution in [1.29, 1.82) is 0 Å². The minimum absolute atomic E-state index is 0.617. The molecule has 2 aromatic heterocycles. The Morgan fingerprint density at radius 1 is 1.33 bits per heavy atom. The molecule has 0 aromatic carbocycles. The summed E-state index contributed by atoms with van der Waals surface area (Å²) in [5, 5.41) is 13.8. The fourth-order valence-corrected chi connectivity index (χ4v) is 1.53. The van der Waals surface area contributed by atoms with Crippen LogP contribution in [-0.2, 0) is 5.60 Å². The van der Waals surface area contributed by atoms with Gasteiger partial charge in [0, 0.05) is 11.8 Å². The summed E-state index contributed by atoms with van der Waals surface area (Å²) in [6, 6.07) is 3.72. The predicted molar refractivity (Wildman–Crippen MR) is 52.3 cm³/mol. The molecule has 0 aliphatic heterocycles. The van der Waals surface area contributed by atoms with Gasteiger partial charge in [0.1, 0.15) is 12.7 Å². The quantitative estimate of drug-likeness (QED) is 0.776. The van der Waals surface area contributed by atoms with E-state index >= 15 is 0 Å². The maximum Gasteiger partial charge on any atom is 0.155 e. The highest BCUT2D eigenvalue weighted by molar-refractivity contribution is 5.30. The Hall–Kier alpha value is -1.75. The average molecular weight is 202 g/mol. The van der Waals surface area contributed by atoms with Crippen LogP contribution in [0.5, 0.6) is 0 Å². The smallest absolute Gasteiger partial charge is 0.155 e. The van der Waals surface area contributed by atoms with Crippen LogP contribution < -0.4 is 0 Å². The molecule has 5 nitrogen and oxygen atoms in total. The zero-order valence-corrected chi connectivity index (χ0v) is 8.04. The van der Waals surface area contributed by atoms with Crippen molar-refractivity contribution in [3.8, 4) is 5.82 Å². The maximum absolute atomic E-state index is 9.85. The lowest BCUT2D eigenvalue weighted by Crippen LogP contribution is -2.06. The number of pyridine rings is 1. The van der Waals surface area contributed by atoms with Crippen LogP contribution in [0.15, 0.2) is 31.0 Å². The second-order valence-electron chi connectivity index (χ2n) is 3.78. The van der Waals surface area contributed by atoms with Crippen LogP contribution in [0.3, 0.4) is 0 Å². The fraction of sp³-hybridized carbons (Fsp3) is 0.300. The van der Waals surface area contributed by atoms with E-state index in [0.29, 0.717) is 5.82 Å². The van der Waals surface area contributed by atoms with Gasteiger partial charge in [0.2, 0.25) is 0 Å². The van der Waals surface area contributed by atoms with Crippen molar-refractivity contribution in [2.45, 2.75) is 18.4 Å². The monoisotopic (exact) mass is 202 g/mol. The summed E-state index contributed by atoms with van der Waals surface area (Å²) < 4.78 is 1.58. The zero-order chi connectivity index (χ0) is 10.3. The average Bonchev–Trinajstić information content (AvgIpc) is 2.84. The topological polar surface area (TPSA) is 63.8 Å². The summed E-state index contributed by atoms with van der Waals surface area (Å²) in [6.07, 6.45) is 6.41. The van der Waals surface area contributed by atoms with Crippen molar-refractivity contribution in [3.63, 3.8) is 0 Å². The molecule has 1 fully saturated rings. The van der Waals surface area contributed by atoms with Gasteiger partial charge in [0.05, 0.1) is 5.60 Å². The van der Waals surface area contributed by atoms with Gasteiger partial charge in [0.25, 0.3) is 0 Å². The van der Waals surface area contributed by atoms with E-state index in [1.807, 2.05) is 12.1 Å². The largest absolute Gasteiger partial charge is 0.385 e. The number of nitrogens with zero attached hydrogens (tertiary/aromatic N) is 4. The minimum atomic E-state index is -0.617. The Bertz CT molecular complexity index is 459. The third-order valence-electron chi connectivity index (χ3n) is 2.66. The highest BCUT2D eigenvalue weighted by Crippen LogP contribution is 2.44. The molecule has 0 spiro atoms. The van der Waals surface area contributed by atoms with Crippen LogP contribution in [0.1, 0.15) is 18.4 Å². The van der Waals surface area contributed by atoms with Gasteiger partial charge in [-0.05, 0) is 18.9 Å². The van der Waals surface area contributed by atoms with Crippen LogP contribution >= 0.6 is 0 Å². The van der Waals surface area contributed by atoms with E-state index < -0.39 is 5.60 Å². The standard InChI is InChI=1S/C10H10N4O/c15-10(3-4-10)8-1-2-9(12-5-8)14-7-11-6-13-14/h1-2,5-7,15H,3-4H2. The molecule has 1 saturated carbocycles. The molecule has 1 aliphatic carbocycles. The van der Waals surface area contributed by atoms with Crippen LogP contribution in [0.2, 0.25) is 0 Å². The molecule has 0 amide bonds. The summed E-state index contributed by atoms with van der Waals surface area (Å²) in [4.78, 5) is 8.07. The summed E-state index contributed by atoms with van der Waals surface area (Å²) in [7, 11) is 0. The summed E-state index contributed by atoms with van der Waals surface area (Å²) >= 11 is 0. The Morgan fingerprint density at radius 3 is 2.73 bits per heavy atom. The minimum Gasteiger partial charge on any atom is -0.385 e. The first-order valence-electron chi connectivity index (χ1n) is 4.82. The number of aromatic nitrogens is 4. The Labute approximate surface area is 86.4 Å². The lowest BCUT2D eigenvalue weighted by atomic mass is 10.1. The van der Waals surface area contributed by atoms with Crippen molar-refractivity contribution in [1.82, 2.24) is 19.7 Å². The van der Waals surface area contributed by atoms with Crippen molar-refractivity contribution < 1.29 is 5.11 Å². The summed E-state index contributed by atoms with van der Waals surface area (Å²) in [5.41, 5.74) is 0.264. The second-order valence-corrected chi connectivity index (χ2v) is 3.78. The number of aliphatic hydroxyl groups is 1. The molecule has 5 heteroatoms. The highest BCUT2D eigenvalue weighted by Gasteiger charge is 2.42. The Morgan fingerprint density at radius 2 is 2.20 bits per heavy atom. The van der Waals surface area contributed by atoms with Crippen LogP contribution in [0.25, 0.3) is 5.82 Å². The van der Waals surface area contributed by atoms with E-state index in [1.54, 1.807) is 17.2 Å². The summed E-state index contributed by atoms with van der Waals surface area (Å²) in [5.74, 6) is 0.709. The van der Waals surface area contributed by atoms with E-state index in [1.165, 1.54) is 6.33 Å². The molecule has 0 atom stereocenters. The Kier molecular flexibility index (Phi) is 1.63. The van der Waals surface area contributed by atoms with Crippen LogP contribution in [-0.4, -0.2) is 24.9 Å². The lowest BCUT2D eigenvalue weighted by molar-refractivity contribution is 0.151. The van der Waals surface area contributed by atoms with Gasteiger partial charge in [0.15, 0.2) is 5.82 Å². The highest BCUT2D eigenvalue weighted by atomic mass is 16.3. The lowest BCUT2D eigenvalue weighted by Gasteiger charge is -2.07. The molecule has 76 valence electrons. The first kappa shape index (κ1) is 8.55. The van der Waals surface area contributed by atoms with Crippen molar-refractivity contribution >= 4 is 0 Å². The normalized spacial score (nSPS) is 17.7. The second kappa shape index (κ2) is 2.87. The molecule has 2 heterocycles. The van der Waals surface area contributed by atoms with Crippen LogP contribution in [0, 0.1) is 0 Å². The molecule has 15 heavy (non-hydrogen) atoms. The van der Waals surface area contributed by atoms with E-state index in [4.69, 9.17) is 0 Å². The molecule has 1 aliphatic rings. The molecule has 0 unspecified atom stereocenters. The van der Waals surface area contributed by atoms with Gasteiger partial charge in [-0.25, -0.2) is 14.6 Å². The molecule has 2 aromatic rings. The molecule has 3 rings (SSSR count). The van der Waals surface area contributed by atoms with Gasteiger partial charge < -0.3 is 5.11 Å². The van der Waals surface area contributed by atoms with Crippen molar-refractivity contribution in [3.05, 3.63) is 36.5 Å². The van der Waals surface area contributed by atoms with E-state index in [2.05, 4.69) is 15.1 Å². The number of rotatable bonds is 2. The van der Waals surface area contributed by atoms with Crippen molar-refractivity contribution in [2.75, 3.05) is 0 Å². The Balaban J connectivity index is 1.94. The molecule has 0 saturated heterocycles. The first-order valence-corrected chi connectivity index (χ1v) is 4.82. The van der Waals surface area contributed by atoms with E-state index in [-0.39, 0.29) is 0 Å². The maximum atomic E-state index is 9.85. The van der Waals surface area contributed by atoms with Gasteiger partial charge in [-0.2, -0.15) is 5.10 Å². The number of hydrogen-bond donors (Lipinski definition) is 1. The summed E-state index contributed by atoms with van der Waals surface area (Å²) in [6.45, 7) is 0. The third kappa shape index (κ3) is 1.41. The van der Waals surface area contributed by atoms with Crippen molar-refractivity contribution in [2.24, 2.45) is 0 Å². The third-order valence-corrected chi connectivity index (χ3v) is 2.66. The van der Waals surface area contributed by atoms with E-state index in [0.717, 1.165) is 18.4 Å². The molecule has 0 bridgehead atoms.